The van der Waals surface area contributed by atoms with Crippen molar-refractivity contribution in [3.05, 3.63) is 12.0 Å². The Kier molecular flexibility index (Phi) is 1.89. The number of hydrogen-bond acceptors (Lipinski definition) is 3. The van der Waals surface area contributed by atoms with Gasteiger partial charge >= 0.3 is 0 Å². The van der Waals surface area contributed by atoms with Crippen molar-refractivity contribution >= 4 is 6.21 Å². The first-order valence-electron chi connectivity index (χ1n) is 1.42. The summed E-state index contributed by atoms with van der Waals surface area (Å²) < 4.78 is 0. The summed E-state index contributed by atoms with van der Waals surface area (Å²) in [6.45, 7) is 0. The standard InChI is InChI=1S/C3H6N2O/c4-2-1-3(5)6/h1-2,4,6H,5H2/b3-1+,4-2?. The predicted octanol–water partition coefficient (Wildman–Crippen LogP) is -0.00593. The van der Waals surface area contributed by atoms with Gasteiger partial charge < -0.3 is 16.2 Å². The maximum Gasteiger partial charge on any atom is 0.182 e. The van der Waals surface area contributed by atoms with Crippen LogP contribution in [0.4, 0.5) is 0 Å². The summed E-state index contributed by atoms with van der Waals surface area (Å²) in [5.41, 5.74) is 4.67. The van der Waals surface area contributed by atoms with Crippen LogP contribution < -0.4 is 5.73 Å². The number of allylic oxidation sites excluding steroid dienone is 1. The van der Waals surface area contributed by atoms with Crippen LogP contribution in [-0.4, -0.2) is 11.3 Å². The summed E-state index contributed by atoms with van der Waals surface area (Å²) in [5.74, 6) is -0.329. The van der Waals surface area contributed by atoms with Crippen molar-refractivity contribution in [2.75, 3.05) is 0 Å². The first-order valence-corrected chi connectivity index (χ1v) is 1.42. The van der Waals surface area contributed by atoms with E-state index in [1.807, 2.05) is 0 Å². The number of nitrogens with two attached hydrogens (primary N) is 1. The highest BCUT2D eigenvalue weighted by molar-refractivity contribution is 5.67. The van der Waals surface area contributed by atoms with Crippen molar-refractivity contribution in [1.82, 2.24) is 0 Å². The number of nitrogens with one attached hydrogen (secondary N) is 1. The van der Waals surface area contributed by atoms with Crippen LogP contribution >= 0.6 is 0 Å². The highest BCUT2D eigenvalue weighted by Crippen LogP contribution is 1.64. The maximum absolute atomic E-state index is 8.04. The van der Waals surface area contributed by atoms with E-state index in [0.717, 1.165) is 12.3 Å². The molecule has 0 aliphatic rings. The summed E-state index contributed by atoms with van der Waals surface area (Å²) >= 11 is 0. The van der Waals surface area contributed by atoms with Crippen LogP contribution in [0.3, 0.4) is 0 Å². The average Bonchev–Trinajstić information content (AvgIpc) is 1.35. The number of aliphatic hydroxyl groups excluding tert-OH is 1. The molecule has 0 saturated carbocycles. The summed E-state index contributed by atoms with van der Waals surface area (Å²) in [7, 11) is 0. The van der Waals surface area contributed by atoms with Crippen molar-refractivity contribution in [3.63, 3.8) is 0 Å². The van der Waals surface area contributed by atoms with Crippen molar-refractivity contribution in [2.24, 2.45) is 5.73 Å². The predicted molar refractivity (Wildman–Crippen MR) is 23.7 cm³/mol. The van der Waals surface area contributed by atoms with E-state index in [-0.39, 0.29) is 5.88 Å². The molecule has 0 saturated heterocycles. The summed E-state index contributed by atoms with van der Waals surface area (Å²) in [6.07, 6.45) is 2.00. The van der Waals surface area contributed by atoms with Crippen LogP contribution in [0.2, 0.25) is 0 Å². The molecule has 0 aromatic heterocycles. The molecule has 0 heterocycles. The highest BCUT2D eigenvalue weighted by atomic mass is 16.3. The minimum atomic E-state index is -0.329. The van der Waals surface area contributed by atoms with Gasteiger partial charge in [-0.05, 0) is 0 Å². The fourth-order valence-electron chi connectivity index (χ4n) is 0.0854. The third kappa shape index (κ3) is 3.01. The van der Waals surface area contributed by atoms with E-state index in [4.69, 9.17) is 10.5 Å². The summed E-state index contributed by atoms with van der Waals surface area (Å²) in [5, 5.41) is 14.3. The summed E-state index contributed by atoms with van der Waals surface area (Å²) in [6, 6.07) is 0. The molecule has 0 aliphatic heterocycles. The van der Waals surface area contributed by atoms with Crippen LogP contribution in [0.15, 0.2) is 12.0 Å². The fraction of sp³-hybridized carbons (Fsp3) is 0. The second-order valence-electron chi connectivity index (χ2n) is 0.758. The third-order valence-electron chi connectivity index (χ3n) is 0.254. The molecular formula is C3H6N2O. The van der Waals surface area contributed by atoms with Gasteiger partial charge in [0.05, 0.1) is 0 Å². The quantitative estimate of drug-likeness (QED) is 0.310. The molecule has 0 aromatic carbocycles. The van der Waals surface area contributed by atoms with Crippen LogP contribution in [0.1, 0.15) is 0 Å². The van der Waals surface area contributed by atoms with E-state index in [2.05, 4.69) is 5.73 Å². The molecule has 0 bridgehead atoms. The Balaban J connectivity index is 3.41. The Morgan fingerprint density at radius 2 is 2.33 bits per heavy atom. The number of rotatable bonds is 1. The molecule has 34 valence electrons. The van der Waals surface area contributed by atoms with Gasteiger partial charge in [0.1, 0.15) is 0 Å². The van der Waals surface area contributed by atoms with Gasteiger partial charge in [-0.15, -0.1) is 0 Å². The van der Waals surface area contributed by atoms with Crippen molar-refractivity contribution in [3.8, 4) is 0 Å². The van der Waals surface area contributed by atoms with Crippen molar-refractivity contribution in [1.29, 1.82) is 5.41 Å². The Morgan fingerprint density at radius 1 is 1.83 bits per heavy atom. The first-order chi connectivity index (χ1) is 2.77. The molecule has 0 aliphatic carbocycles. The van der Waals surface area contributed by atoms with Crippen LogP contribution in [-0.2, 0) is 0 Å². The number of aliphatic hydroxyl groups is 1. The lowest BCUT2D eigenvalue weighted by molar-refractivity contribution is 0.407. The molecule has 0 aromatic rings. The molecule has 3 heteroatoms. The van der Waals surface area contributed by atoms with Crippen LogP contribution in [0, 0.1) is 5.41 Å². The van der Waals surface area contributed by atoms with Gasteiger partial charge in [0.2, 0.25) is 0 Å². The lowest BCUT2D eigenvalue weighted by Gasteiger charge is -1.77. The SMILES string of the molecule is N=C/C=C(\N)O. The molecule has 0 radical (unpaired) electrons. The van der Waals surface area contributed by atoms with Crippen molar-refractivity contribution < 1.29 is 5.11 Å². The van der Waals surface area contributed by atoms with Crippen molar-refractivity contribution in [2.45, 2.75) is 0 Å². The van der Waals surface area contributed by atoms with Gasteiger partial charge in [-0.25, -0.2) is 0 Å². The van der Waals surface area contributed by atoms with Gasteiger partial charge in [-0.2, -0.15) is 0 Å². The Labute approximate surface area is 35.6 Å². The Morgan fingerprint density at radius 3 is 2.33 bits per heavy atom. The second kappa shape index (κ2) is 2.26. The normalized spacial score (nSPS) is 11.0. The van der Waals surface area contributed by atoms with E-state index < -0.39 is 0 Å². The fourth-order valence-corrected chi connectivity index (χ4v) is 0.0854. The van der Waals surface area contributed by atoms with Crippen LogP contribution in [0.25, 0.3) is 0 Å². The first kappa shape index (κ1) is 5.01. The monoisotopic (exact) mass is 86.0 g/mol. The van der Waals surface area contributed by atoms with E-state index in [1.165, 1.54) is 0 Å². The molecule has 4 N–H and O–H groups in total. The van der Waals surface area contributed by atoms with E-state index in [1.54, 1.807) is 0 Å². The lowest BCUT2D eigenvalue weighted by atomic mass is 10.6. The van der Waals surface area contributed by atoms with E-state index >= 15 is 0 Å². The topological polar surface area (TPSA) is 70.1 Å². The average molecular weight is 86.1 g/mol. The Bertz CT molecular complexity index is 72.9. The molecule has 6 heavy (non-hydrogen) atoms. The molecule has 0 atom stereocenters. The molecule has 0 fully saturated rings. The molecule has 0 unspecified atom stereocenters. The Hall–Kier alpha value is -0.990. The molecule has 3 nitrogen and oxygen atoms in total. The minimum Gasteiger partial charge on any atom is -0.495 e. The third-order valence-corrected chi connectivity index (χ3v) is 0.254. The van der Waals surface area contributed by atoms with Gasteiger partial charge in [-0.3, -0.25) is 0 Å². The van der Waals surface area contributed by atoms with Crippen LogP contribution in [0.5, 0.6) is 0 Å². The maximum atomic E-state index is 8.04. The zero-order chi connectivity index (χ0) is 4.99. The zero-order valence-electron chi connectivity index (χ0n) is 3.18. The van der Waals surface area contributed by atoms with Gasteiger partial charge in [0.25, 0.3) is 0 Å². The zero-order valence-corrected chi connectivity index (χ0v) is 3.18. The second-order valence-corrected chi connectivity index (χ2v) is 0.758. The molecule has 0 spiro atoms. The van der Waals surface area contributed by atoms with Gasteiger partial charge in [-0.1, -0.05) is 0 Å². The minimum absolute atomic E-state index is 0.329. The van der Waals surface area contributed by atoms with E-state index in [9.17, 15) is 0 Å². The van der Waals surface area contributed by atoms with E-state index in [0.29, 0.717) is 0 Å². The largest absolute Gasteiger partial charge is 0.495 e. The lowest BCUT2D eigenvalue weighted by Crippen LogP contribution is -1.92. The molecular weight excluding hydrogens is 80.0 g/mol. The smallest absolute Gasteiger partial charge is 0.182 e. The number of hydrogen-bond donors (Lipinski definition) is 3. The summed E-state index contributed by atoms with van der Waals surface area (Å²) in [4.78, 5) is 0. The van der Waals surface area contributed by atoms with Gasteiger partial charge in [0, 0.05) is 12.3 Å². The highest BCUT2D eigenvalue weighted by Gasteiger charge is 1.67. The van der Waals surface area contributed by atoms with Gasteiger partial charge in [0.15, 0.2) is 5.88 Å². The molecule has 0 amide bonds. The molecule has 0 rings (SSSR count).